The zero-order chi connectivity index (χ0) is 9.80. The summed E-state index contributed by atoms with van der Waals surface area (Å²) in [4.78, 5) is 0. The Morgan fingerprint density at radius 2 is 2.36 bits per heavy atom. The van der Waals surface area contributed by atoms with Gasteiger partial charge in [0.2, 0.25) is 0 Å². The Morgan fingerprint density at radius 1 is 1.50 bits per heavy atom. The van der Waals surface area contributed by atoms with Crippen molar-refractivity contribution in [2.24, 2.45) is 0 Å². The normalized spacial score (nSPS) is 16.9. The minimum Gasteiger partial charge on any atom is -0.317 e. The third-order valence-electron chi connectivity index (χ3n) is 2.79. The number of hydrogen-bond donors (Lipinski definition) is 1. The van der Waals surface area contributed by atoms with E-state index in [4.69, 9.17) is 0 Å². The van der Waals surface area contributed by atoms with Gasteiger partial charge in [-0.15, -0.1) is 10.2 Å². The summed E-state index contributed by atoms with van der Waals surface area (Å²) in [5.74, 6) is 1.76. The van der Waals surface area contributed by atoms with Crippen molar-refractivity contribution >= 4 is 0 Å². The number of aromatic nitrogens is 3. The Labute approximate surface area is 84.7 Å². The number of hydrogen-bond acceptors (Lipinski definition) is 3. The van der Waals surface area contributed by atoms with E-state index >= 15 is 0 Å². The highest BCUT2D eigenvalue weighted by Gasteiger charge is 2.23. The SMILES string of the molecule is CCCCCn1cnnc1C1CNC1. The van der Waals surface area contributed by atoms with E-state index in [2.05, 4.69) is 27.0 Å². The largest absolute Gasteiger partial charge is 0.317 e. The van der Waals surface area contributed by atoms with E-state index in [1.54, 1.807) is 0 Å². The molecule has 0 aromatic carbocycles. The number of nitrogens with zero attached hydrogens (tertiary/aromatic N) is 3. The van der Waals surface area contributed by atoms with Crippen molar-refractivity contribution < 1.29 is 0 Å². The standard InChI is InChI=1S/C10H18N4/c1-2-3-4-5-14-8-12-13-10(14)9-6-11-7-9/h8-9,11H,2-7H2,1H3. The average molecular weight is 194 g/mol. The van der Waals surface area contributed by atoms with E-state index in [1.165, 1.54) is 25.1 Å². The Balaban J connectivity index is 1.91. The van der Waals surface area contributed by atoms with E-state index in [0.29, 0.717) is 5.92 Å². The van der Waals surface area contributed by atoms with Crippen molar-refractivity contribution in [3.8, 4) is 0 Å². The molecule has 1 N–H and O–H groups in total. The minimum atomic E-state index is 0.596. The molecule has 2 heterocycles. The molecular weight excluding hydrogens is 176 g/mol. The minimum absolute atomic E-state index is 0.596. The number of aryl methyl sites for hydroxylation is 1. The van der Waals surface area contributed by atoms with Gasteiger partial charge >= 0.3 is 0 Å². The van der Waals surface area contributed by atoms with Gasteiger partial charge in [0.15, 0.2) is 0 Å². The van der Waals surface area contributed by atoms with Gasteiger partial charge in [0.1, 0.15) is 12.2 Å². The lowest BCUT2D eigenvalue weighted by Gasteiger charge is -2.26. The van der Waals surface area contributed by atoms with E-state index in [1.807, 2.05) is 6.33 Å². The third-order valence-corrected chi connectivity index (χ3v) is 2.79. The summed E-state index contributed by atoms with van der Waals surface area (Å²) in [6.07, 6.45) is 5.66. The highest BCUT2D eigenvalue weighted by Crippen LogP contribution is 2.17. The molecule has 0 saturated carbocycles. The Kier molecular flexibility index (Phi) is 3.14. The summed E-state index contributed by atoms with van der Waals surface area (Å²) < 4.78 is 2.21. The zero-order valence-corrected chi connectivity index (χ0v) is 8.74. The second-order valence-corrected chi connectivity index (χ2v) is 3.94. The van der Waals surface area contributed by atoms with Crippen molar-refractivity contribution in [2.75, 3.05) is 13.1 Å². The zero-order valence-electron chi connectivity index (χ0n) is 8.74. The van der Waals surface area contributed by atoms with Gasteiger partial charge in [0.25, 0.3) is 0 Å². The van der Waals surface area contributed by atoms with Gasteiger partial charge in [-0.25, -0.2) is 0 Å². The van der Waals surface area contributed by atoms with Crippen LogP contribution >= 0.6 is 0 Å². The van der Waals surface area contributed by atoms with Crippen LogP contribution in [0.4, 0.5) is 0 Å². The monoisotopic (exact) mass is 194 g/mol. The van der Waals surface area contributed by atoms with E-state index in [-0.39, 0.29) is 0 Å². The highest BCUT2D eigenvalue weighted by molar-refractivity contribution is 5.03. The van der Waals surface area contributed by atoms with Gasteiger partial charge in [-0.1, -0.05) is 19.8 Å². The van der Waals surface area contributed by atoms with Crippen molar-refractivity contribution in [3.05, 3.63) is 12.2 Å². The predicted molar refractivity (Wildman–Crippen MR) is 55.2 cm³/mol. The lowest BCUT2D eigenvalue weighted by molar-refractivity contribution is 0.410. The maximum Gasteiger partial charge on any atom is 0.138 e. The van der Waals surface area contributed by atoms with E-state index < -0.39 is 0 Å². The molecule has 0 amide bonds. The molecule has 4 nitrogen and oxygen atoms in total. The van der Waals surface area contributed by atoms with Gasteiger partial charge in [-0.2, -0.15) is 0 Å². The fraction of sp³-hybridized carbons (Fsp3) is 0.800. The molecule has 0 spiro atoms. The lowest BCUT2D eigenvalue weighted by atomic mass is 10.0. The first-order valence-corrected chi connectivity index (χ1v) is 5.50. The maximum absolute atomic E-state index is 4.19. The molecule has 78 valence electrons. The van der Waals surface area contributed by atoms with Crippen LogP contribution in [0.25, 0.3) is 0 Å². The average Bonchev–Trinajstić information content (AvgIpc) is 2.51. The first-order chi connectivity index (χ1) is 6.92. The van der Waals surface area contributed by atoms with Crippen molar-refractivity contribution in [1.29, 1.82) is 0 Å². The quantitative estimate of drug-likeness (QED) is 0.715. The summed E-state index contributed by atoms with van der Waals surface area (Å²) in [5.41, 5.74) is 0. The van der Waals surface area contributed by atoms with Crippen LogP contribution in [0.15, 0.2) is 6.33 Å². The first kappa shape index (κ1) is 9.65. The van der Waals surface area contributed by atoms with Crippen LogP contribution in [0.3, 0.4) is 0 Å². The molecule has 2 rings (SSSR count). The molecule has 0 aliphatic carbocycles. The molecule has 1 aromatic rings. The topological polar surface area (TPSA) is 42.7 Å². The molecule has 1 aliphatic heterocycles. The Bertz CT molecular complexity index is 277. The summed E-state index contributed by atoms with van der Waals surface area (Å²) in [6.45, 7) is 5.43. The van der Waals surface area contributed by atoms with Crippen LogP contribution in [0, 0.1) is 0 Å². The maximum atomic E-state index is 4.19. The summed E-state index contributed by atoms with van der Waals surface area (Å²) in [6, 6.07) is 0. The van der Waals surface area contributed by atoms with Crippen molar-refractivity contribution in [3.63, 3.8) is 0 Å². The third kappa shape index (κ3) is 1.95. The molecule has 0 radical (unpaired) electrons. The van der Waals surface area contributed by atoms with Gasteiger partial charge in [-0.3, -0.25) is 0 Å². The molecule has 0 atom stereocenters. The van der Waals surface area contributed by atoms with Gasteiger partial charge in [0.05, 0.1) is 0 Å². The molecule has 0 unspecified atom stereocenters. The Hall–Kier alpha value is -0.900. The highest BCUT2D eigenvalue weighted by atomic mass is 15.3. The molecule has 4 heteroatoms. The van der Waals surface area contributed by atoms with Crippen LogP contribution in [-0.2, 0) is 6.54 Å². The van der Waals surface area contributed by atoms with Gasteiger partial charge < -0.3 is 9.88 Å². The molecule has 1 saturated heterocycles. The smallest absolute Gasteiger partial charge is 0.138 e. The van der Waals surface area contributed by atoms with Crippen molar-refractivity contribution in [2.45, 2.75) is 38.6 Å². The number of rotatable bonds is 5. The predicted octanol–water partition coefficient (Wildman–Crippen LogP) is 1.16. The molecule has 1 aliphatic rings. The summed E-state index contributed by atoms with van der Waals surface area (Å²) in [5, 5.41) is 11.4. The molecular formula is C10H18N4. The lowest BCUT2D eigenvalue weighted by Crippen LogP contribution is -2.41. The molecule has 1 fully saturated rings. The van der Waals surface area contributed by atoms with E-state index in [0.717, 1.165) is 19.6 Å². The molecule has 0 bridgehead atoms. The second kappa shape index (κ2) is 4.55. The summed E-state index contributed by atoms with van der Waals surface area (Å²) >= 11 is 0. The Morgan fingerprint density at radius 3 is 3.00 bits per heavy atom. The van der Waals surface area contributed by atoms with E-state index in [9.17, 15) is 0 Å². The van der Waals surface area contributed by atoms with Crippen molar-refractivity contribution in [1.82, 2.24) is 20.1 Å². The van der Waals surface area contributed by atoms with Gasteiger partial charge in [0, 0.05) is 25.6 Å². The summed E-state index contributed by atoms with van der Waals surface area (Å²) in [7, 11) is 0. The van der Waals surface area contributed by atoms with Crippen LogP contribution in [0.5, 0.6) is 0 Å². The number of unbranched alkanes of at least 4 members (excludes halogenated alkanes) is 2. The fourth-order valence-electron chi connectivity index (χ4n) is 1.76. The molecule has 1 aromatic heterocycles. The van der Waals surface area contributed by atoms with Crippen LogP contribution in [0.2, 0.25) is 0 Å². The molecule has 14 heavy (non-hydrogen) atoms. The van der Waals surface area contributed by atoms with Gasteiger partial charge in [-0.05, 0) is 6.42 Å². The number of nitrogens with one attached hydrogen (secondary N) is 1. The van der Waals surface area contributed by atoms with Crippen LogP contribution in [-0.4, -0.2) is 27.9 Å². The second-order valence-electron chi connectivity index (χ2n) is 3.94. The fourth-order valence-corrected chi connectivity index (χ4v) is 1.76. The van der Waals surface area contributed by atoms with Crippen LogP contribution < -0.4 is 5.32 Å². The first-order valence-electron chi connectivity index (χ1n) is 5.50. The van der Waals surface area contributed by atoms with Crippen LogP contribution in [0.1, 0.15) is 37.9 Å².